The molecular formula is C8H10BrNOS. The van der Waals surface area contributed by atoms with Gasteiger partial charge >= 0.3 is 0 Å². The van der Waals surface area contributed by atoms with Gasteiger partial charge in [-0.1, -0.05) is 0 Å². The van der Waals surface area contributed by atoms with E-state index in [2.05, 4.69) is 21.2 Å². The fraction of sp³-hybridized carbons (Fsp3) is 0.375. The van der Waals surface area contributed by atoms with E-state index in [4.69, 9.17) is 0 Å². The summed E-state index contributed by atoms with van der Waals surface area (Å²) in [5.41, 5.74) is 0.716. The van der Waals surface area contributed by atoms with Crippen LogP contribution < -0.4 is 5.32 Å². The summed E-state index contributed by atoms with van der Waals surface area (Å²) in [6.45, 7) is 3.89. The van der Waals surface area contributed by atoms with Crippen molar-refractivity contribution in [1.29, 1.82) is 0 Å². The maximum atomic E-state index is 11.4. The third kappa shape index (κ3) is 2.32. The second-order valence-electron chi connectivity index (χ2n) is 2.74. The fourth-order valence-corrected chi connectivity index (χ4v) is 2.04. The Bertz CT molecular complexity index is 282. The maximum Gasteiger partial charge on any atom is 0.253 e. The van der Waals surface area contributed by atoms with Gasteiger partial charge in [-0.15, -0.1) is 11.3 Å². The van der Waals surface area contributed by atoms with E-state index < -0.39 is 0 Å². The SMILES string of the molecule is CC(C)NC(=O)c1ccsc1Br. The zero-order valence-electron chi connectivity index (χ0n) is 6.93. The molecule has 0 unspecified atom stereocenters. The molecule has 1 aromatic rings. The molecule has 0 saturated carbocycles. The highest BCUT2D eigenvalue weighted by Crippen LogP contribution is 2.23. The Labute approximate surface area is 84.1 Å². The van der Waals surface area contributed by atoms with E-state index >= 15 is 0 Å². The van der Waals surface area contributed by atoms with Crippen LogP contribution in [0.1, 0.15) is 24.2 Å². The highest BCUT2D eigenvalue weighted by Gasteiger charge is 2.10. The standard InChI is InChI=1S/C8H10BrNOS/c1-5(2)10-8(11)6-3-4-12-7(6)9/h3-5H,1-2H3,(H,10,11). The van der Waals surface area contributed by atoms with Crippen molar-refractivity contribution in [3.8, 4) is 0 Å². The zero-order valence-corrected chi connectivity index (χ0v) is 9.33. The molecule has 1 N–H and O–H groups in total. The van der Waals surface area contributed by atoms with Gasteiger partial charge in [-0.2, -0.15) is 0 Å². The highest BCUT2D eigenvalue weighted by atomic mass is 79.9. The molecule has 0 atom stereocenters. The summed E-state index contributed by atoms with van der Waals surface area (Å²) in [6, 6.07) is 2.00. The van der Waals surface area contributed by atoms with Crippen molar-refractivity contribution >= 4 is 33.2 Å². The van der Waals surface area contributed by atoms with Crippen LogP contribution in [0.3, 0.4) is 0 Å². The molecule has 1 amide bonds. The third-order valence-corrected chi connectivity index (χ3v) is 2.97. The van der Waals surface area contributed by atoms with Crippen LogP contribution in [-0.4, -0.2) is 11.9 Å². The van der Waals surface area contributed by atoms with Gasteiger partial charge in [-0.25, -0.2) is 0 Å². The number of carbonyl (C=O) groups is 1. The lowest BCUT2D eigenvalue weighted by molar-refractivity contribution is 0.0943. The smallest absolute Gasteiger partial charge is 0.253 e. The van der Waals surface area contributed by atoms with Gasteiger partial charge in [0, 0.05) is 6.04 Å². The molecular weight excluding hydrogens is 238 g/mol. The van der Waals surface area contributed by atoms with E-state index in [0.717, 1.165) is 3.79 Å². The van der Waals surface area contributed by atoms with Gasteiger partial charge in [-0.3, -0.25) is 4.79 Å². The molecule has 1 heterocycles. The van der Waals surface area contributed by atoms with Gasteiger partial charge in [0.1, 0.15) is 0 Å². The van der Waals surface area contributed by atoms with E-state index in [-0.39, 0.29) is 11.9 Å². The lowest BCUT2D eigenvalue weighted by atomic mass is 10.3. The van der Waals surface area contributed by atoms with Crippen molar-refractivity contribution < 1.29 is 4.79 Å². The molecule has 0 aliphatic heterocycles. The van der Waals surface area contributed by atoms with E-state index in [1.807, 2.05) is 25.3 Å². The van der Waals surface area contributed by atoms with E-state index in [1.54, 1.807) is 0 Å². The summed E-state index contributed by atoms with van der Waals surface area (Å²) in [5, 5.41) is 4.71. The van der Waals surface area contributed by atoms with E-state index in [1.165, 1.54) is 11.3 Å². The van der Waals surface area contributed by atoms with Crippen LogP contribution in [0.4, 0.5) is 0 Å². The molecule has 0 aliphatic carbocycles. The molecule has 66 valence electrons. The lowest BCUT2D eigenvalue weighted by Crippen LogP contribution is -2.29. The van der Waals surface area contributed by atoms with Crippen molar-refractivity contribution in [3.05, 3.63) is 20.8 Å². The van der Waals surface area contributed by atoms with Crippen LogP contribution in [0, 0.1) is 0 Å². The lowest BCUT2D eigenvalue weighted by Gasteiger charge is -2.06. The van der Waals surface area contributed by atoms with Gasteiger partial charge in [0.05, 0.1) is 9.35 Å². The highest BCUT2D eigenvalue weighted by molar-refractivity contribution is 9.11. The van der Waals surface area contributed by atoms with Crippen LogP contribution in [0.25, 0.3) is 0 Å². The average Bonchev–Trinajstić information content (AvgIpc) is 2.33. The zero-order chi connectivity index (χ0) is 9.14. The second kappa shape index (κ2) is 4.05. The Morgan fingerprint density at radius 1 is 1.67 bits per heavy atom. The molecule has 12 heavy (non-hydrogen) atoms. The van der Waals surface area contributed by atoms with Gasteiger partial charge in [0.25, 0.3) is 5.91 Å². The summed E-state index contributed by atoms with van der Waals surface area (Å²) in [7, 11) is 0. The molecule has 2 nitrogen and oxygen atoms in total. The minimum atomic E-state index is -0.0156. The Balaban J connectivity index is 2.72. The quantitative estimate of drug-likeness (QED) is 0.856. The number of nitrogens with one attached hydrogen (secondary N) is 1. The number of hydrogen-bond acceptors (Lipinski definition) is 2. The average molecular weight is 248 g/mol. The number of carbonyl (C=O) groups excluding carboxylic acids is 1. The van der Waals surface area contributed by atoms with Crippen molar-refractivity contribution in [2.45, 2.75) is 19.9 Å². The number of rotatable bonds is 2. The molecule has 0 bridgehead atoms. The van der Waals surface area contributed by atoms with Crippen LogP contribution in [-0.2, 0) is 0 Å². The fourth-order valence-electron chi connectivity index (χ4n) is 0.796. The predicted octanol–water partition coefficient (Wildman–Crippen LogP) is 2.65. The molecule has 0 spiro atoms. The normalized spacial score (nSPS) is 10.3. The van der Waals surface area contributed by atoms with Gasteiger partial charge in [0.2, 0.25) is 0 Å². The van der Waals surface area contributed by atoms with Crippen LogP contribution >= 0.6 is 27.3 Å². The molecule has 0 aromatic carbocycles. The molecule has 1 aromatic heterocycles. The summed E-state index contributed by atoms with van der Waals surface area (Å²) in [6.07, 6.45) is 0. The molecule has 0 radical (unpaired) electrons. The monoisotopic (exact) mass is 247 g/mol. The minimum absolute atomic E-state index is 0.0156. The van der Waals surface area contributed by atoms with Crippen molar-refractivity contribution in [3.63, 3.8) is 0 Å². The van der Waals surface area contributed by atoms with Crippen LogP contribution in [0.5, 0.6) is 0 Å². The van der Waals surface area contributed by atoms with Gasteiger partial charge < -0.3 is 5.32 Å². The largest absolute Gasteiger partial charge is 0.350 e. The Morgan fingerprint density at radius 3 is 2.75 bits per heavy atom. The Hall–Kier alpha value is -0.350. The first kappa shape index (κ1) is 9.74. The second-order valence-corrected chi connectivity index (χ2v) is 4.97. The topological polar surface area (TPSA) is 29.1 Å². The number of halogens is 1. The third-order valence-electron chi connectivity index (χ3n) is 1.28. The molecule has 1 rings (SSSR count). The first-order chi connectivity index (χ1) is 5.61. The Morgan fingerprint density at radius 2 is 2.33 bits per heavy atom. The van der Waals surface area contributed by atoms with Crippen molar-refractivity contribution in [2.24, 2.45) is 0 Å². The van der Waals surface area contributed by atoms with Gasteiger partial charge in [0.15, 0.2) is 0 Å². The van der Waals surface area contributed by atoms with Crippen LogP contribution in [0.2, 0.25) is 0 Å². The summed E-state index contributed by atoms with van der Waals surface area (Å²) in [4.78, 5) is 11.4. The summed E-state index contributed by atoms with van der Waals surface area (Å²) >= 11 is 4.83. The van der Waals surface area contributed by atoms with Gasteiger partial charge in [-0.05, 0) is 41.2 Å². The maximum absolute atomic E-state index is 11.4. The van der Waals surface area contributed by atoms with E-state index in [9.17, 15) is 4.79 Å². The molecule has 4 heteroatoms. The summed E-state index contributed by atoms with van der Waals surface area (Å²) < 4.78 is 0.889. The number of thiophene rings is 1. The summed E-state index contributed by atoms with van der Waals surface area (Å²) in [5.74, 6) is -0.0156. The number of hydrogen-bond donors (Lipinski definition) is 1. The first-order valence-corrected chi connectivity index (χ1v) is 5.32. The molecule has 0 aliphatic rings. The number of amides is 1. The Kier molecular flexibility index (Phi) is 3.29. The van der Waals surface area contributed by atoms with Crippen LogP contribution in [0.15, 0.2) is 15.2 Å². The van der Waals surface area contributed by atoms with Crippen molar-refractivity contribution in [2.75, 3.05) is 0 Å². The predicted molar refractivity (Wildman–Crippen MR) is 54.6 cm³/mol. The molecule has 0 fully saturated rings. The first-order valence-electron chi connectivity index (χ1n) is 3.65. The van der Waals surface area contributed by atoms with Crippen molar-refractivity contribution in [1.82, 2.24) is 5.32 Å². The molecule has 0 saturated heterocycles. The van der Waals surface area contributed by atoms with E-state index in [0.29, 0.717) is 5.56 Å². The minimum Gasteiger partial charge on any atom is -0.350 e.